The summed E-state index contributed by atoms with van der Waals surface area (Å²) < 4.78 is 0. The summed E-state index contributed by atoms with van der Waals surface area (Å²) >= 11 is 0. The molecule has 2 rings (SSSR count). The Hall–Kier alpha value is -2.09. The van der Waals surface area contributed by atoms with Gasteiger partial charge in [-0.25, -0.2) is 0 Å². The quantitative estimate of drug-likeness (QED) is 0.246. The van der Waals surface area contributed by atoms with Gasteiger partial charge >= 0.3 is 0 Å². The van der Waals surface area contributed by atoms with Crippen molar-refractivity contribution < 1.29 is 4.79 Å². The lowest BCUT2D eigenvalue weighted by atomic mass is 10.1. The Morgan fingerprint density at radius 1 is 0.963 bits per heavy atom. The highest BCUT2D eigenvalue weighted by molar-refractivity contribution is 14.0. The summed E-state index contributed by atoms with van der Waals surface area (Å²) in [6.45, 7) is 6.31. The molecule has 1 amide bonds. The van der Waals surface area contributed by atoms with Gasteiger partial charge in [0.15, 0.2) is 5.96 Å². The maximum absolute atomic E-state index is 11.9. The molecule has 0 atom stereocenters. The van der Waals surface area contributed by atoms with Crippen LogP contribution in [0.3, 0.4) is 0 Å². The molecule has 146 valence electrons. The van der Waals surface area contributed by atoms with Crippen molar-refractivity contribution in [2.45, 2.75) is 26.8 Å². The van der Waals surface area contributed by atoms with Crippen molar-refractivity contribution in [2.75, 3.05) is 20.1 Å². The minimum Gasteiger partial charge on any atom is -0.356 e. The van der Waals surface area contributed by atoms with Crippen LogP contribution in [0.2, 0.25) is 0 Å². The molecule has 0 aliphatic heterocycles. The number of hydrogen-bond donors (Lipinski definition) is 3. The van der Waals surface area contributed by atoms with Gasteiger partial charge in [0, 0.05) is 32.2 Å². The minimum atomic E-state index is -0.0389. The Morgan fingerprint density at radius 3 is 2.33 bits per heavy atom. The lowest BCUT2D eigenvalue weighted by molar-refractivity contribution is 0.0953. The molecule has 27 heavy (non-hydrogen) atoms. The zero-order valence-corrected chi connectivity index (χ0v) is 18.5. The summed E-state index contributed by atoms with van der Waals surface area (Å²) in [6.07, 6.45) is 0.822. The molecule has 2 aromatic carbocycles. The number of nitrogens with one attached hydrogen (secondary N) is 3. The van der Waals surface area contributed by atoms with Crippen molar-refractivity contribution in [1.29, 1.82) is 0 Å². The molecule has 0 saturated heterocycles. The number of nitrogens with zero attached hydrogens (tertiary/aromatic N) is 1. The van der Waals surface area contributed by atoms with Crippen LogP contribution in [0.25, 0.3) is 0 Å². The summed E-state index contributed by atoms with van der Waals surface area (Å²) in [5, 5.41) is 9.52. The Kier molecular flexibility index (Phi) is 10.5. The van der Waals surface area contributed by atoms with Crippen LogP contribution < -0.4 is 16.0 Å². The number of rotatable bonds is 7. The van der Waals surface area contributed by atoms with E-state index in [1.807, 2.05) is 30.3 Å². The van der Waals surface area contributed by atoms with E-state index in [4.69, 9.17) is 0 Å². The van der Waals surface area contributed by atoms with Crippen LogP contribution in [-0.2, 0) is 6.54 Å². The second-order valence-corrected chi connectivity index (χ2v) is 6.26. The molecule has 0 heterocycles. The van der Waals surface area contributed by atoms with Crippen LogP contribution in [0.15, 0.2) is 53.5 Å². The van der Waals surface area contributed by atoms with Crippen LogP contribution in [0, 0.1) is 13.8 Å². The van der Waals surface area contributed by atoms with Gasteiger partial charge in [-0.3, -0.25) is 9.79 Å². The average molecular weight is 480 g/mol. The fourth-order valence-corrected chi connectivity index (χ4v) is 2.63. The Labute approximate surface area is 179 Å². The maximum atomic E-state index is 11.9. The summed E-state index contributed by atoms with van der Waals surface area (Å²) in [6, 6.07) is 15.7. The minimum absolute atomic E-state index is 0. The number of amides is 1. The lowest BCUT2D eigenvalue weighted by Crippen LogP contribution is -2.38. The van der Waals surface area contributed by atoms with Crippen molar-refractivity contribution in [3.63, 3.8) is 0 Å². The molecule has 0 aromatic heterocycles. The predicted octanol–water partition coefficient (Wildman–Crippen LogP) is 3.41. The van der Waals surface area contributed by atoms with E-state index in [0.717, 1.165) is 25.5 Å². The number of aliphatic imine (C=N–C) groups is 1. The van der Waals surface area contributed by atoms with Gasteiger partial charge in [0.25, 0.3) is 5.91 Å². The first-order chi connectivity index (χ1) is 12.6. The van der Waals surface area contributed by atoms with E-state index in [-0.39, 0.29) is 29.9 Å². The molecular weight excluding hydrogens is 451 g/mol. The van der Waals surface area contributed by atoms with Gasteiger partial charge in [0.2, 0.25) is 0 Å². The fraction of sp³-hybridized carbons (Fsp3) is 0.333. The zero-order chi connectivity index (χ0) is 18.8. The number of halogens is 1. The molecule has 0 bridgehead atoms. The van der Waals surface area contributed by atoms with Crippen LogP contribution >= 0.6 is 24.0 Å². The monoisotopic (exact) mass is 480 g/mol. The Balaban J connectivity index is 0.00000364. The van der Waals surface area contributed by atoms with Crippen molar-refractivity contribution in [2.24, 2.45) is 4.99 Å². The molecule has 5 nitrogen and oxygen atoms in total. The van der Waals surface area contributed by atoms with E-state index < -0.39 is 0 Å². The molecule has 6 heteroatoms. The number of carbonyl (C=O) groups excluding carboxylic acids is 1. The summed E-state index contributed by atoms with van der Waals surface area (Å²) in [5.74, 6) is 0.724. The van der Waals surface area contributed by atoms with Gasteiger partial charge in [-0.2, -0.15) is 0 Å². The molecule has 2 aromatic rings. The Bertz CT molecular complexity index is 747. The van der Waals surface area contributed by atoms with Gasteiger partial charge < -0.3 is 16.0 Å². The molecular formula is C21H29IN4O. The number of hydrogen-bond acceptors (Lipinski definition) is 2. The maximum Gasteiger partial charge on any atom is 0.251 e. The number of benzene rings is 2. The van der Waals surface area contributed by atoms with Gasteiger partial charge in [0.1, 0.15) is 0 Å². The highest BCUT2D eigenvalue weighted by Gasteiger charge is 2.04. The molecule has 0 spiro atoms. The van der Waals surface area contributed by atoms with Gasteiger partial charge in [-0.15, -0.1) is 24.0 Å². The van der Waals surface area contributed by atoms with Crippen molar-refractivity contribution in [1.82, 2.24) is 16.0 Å². The smallest absolute Gasteiger partial charge is 0.251 e. The summed E-state index contributed by atoms with van der Waals surface area (Å²) in [5.41, 5.74) is 4.49. The van der Waals surface area contributed by atoms with E-state index in [1.54, 1.807) is 7.05 Å². The molecule has 0 unspecified atom stereocenters. The van der Waals surface area contributed by atoms with Crippen LogP contribution in [0.4, 0.5) is 0 Å². The first-order valence-electron chi connectivity index (χ1n) is 8.94. The standard InChI is InChI=1S/C21H28N4O.HI/c1-16-10-11-19(17(2)14-16)15-25-21(22-3)24-13-7-12-23-20(26)18-8-5-4-6-9-18;/h4-6,8-11,14H,7,12-13,15H2,1-3H3,(H,23,26)(H2,22,24,25);1H. The Morgan fingerprint density at radius 2 is 1.67 bits per heavy atom. The first-order valence-corrected chi connectivity index (χ1v) is 8.94. The largest absolute Gasteiger partial charge is 0.356 e. The van der Waals surface area contributed by atoms with Crippen LogP contribution in [0.1, 0.15) is 33.5 Å². The van der Waals surface area contributed by atoms with Gasteiger partial charge in [0.05, 0.1) is 0 Å². The third-order valence-corrected chi connectivity index (χ3v) is 4.14. The van der Waals surface area contributed by atoms with E-state index in [2.05, 4.69) is 53.0 Å². The number of carbonyl (C=O) groups is 1. The average Bonchev–Trinajstić information content (AvgIpc) is 2.65. The highest BCUT2D eigenvalue weighted by Crippen LogP contribution is 2.09. The second-order valence-electron chi connectivity index (χ2n) is 6.26. The predicted molar refractivity (Wildman–Crippen MR) is 123 cm³/mol. The third kappa shape index (κ3) is 7.99. The molecule has 3 N–H and O–H groups in total. The van der Waals surface area contributed by atoms with Crippen LogP contribution in [-0.4, -0.2) is 32.0 Å². The lowest BCUT2D eigenvalue weighted by Gasteiger charge is -2.13. The van der Waals surface area contributed by atoms with Crippen molar-refractivity contribution in [3.8, 4) is 0 Å². The van der Waals surface area contributed by atoms with E-state index in [0.29, 0.717) is 12.1 Å². The zero-order valence-electron chi connectivity index (χ0n) is 16.2. The number of aryl methyl sites for hydroxylation is 2. The summed E-state index contributed by atoms with van der Waals surface area (Å²) in [7, 11) is 1.76. The fourth-order valence-electron chi connectivity index (χ4n) is 2.63. The van der Waals surface area contributed by atoms with E-state index in [9.17, 15) is 4.79 Å². The topological polar surface area (TPSA) is 65.5 Å². The summed E-state index contributed by atoms with van der Waals surface area (Å²) in [4.78, 5) is 16.2. The molecule has 0 saturated carbocycles. The van der Waals surface area contributed by atoms with Gasteiger partial charge in [-0.05, 0) is 43.5 Å². The van der Waals surface area contributed by atoms with E-state index >= 15 is 0 Å². The van der Waals surface area contributed by atoms with Crippen molar-refractivity contribution in [3.05, 3.63) is 70.8 Å². The van der Waals surface area contributed by atoms with E-state index in [1.165, 1.54) is 16.7 Å². The molecule has 0 radical (unpaired) electrons. The highest BCUT2D eigenvalue weighted by atomic mass is 127. The number of guanidine groups is 1. The molecule has 0 fully saturated rings. The molecule has 0 aliphatic carbocycles. The first kappa shape index (κ1) is 23.0. The third-order valence-electron chi connectivity index (χ3n) is 4.14. The normalized spacial score (nSPS) is 10.7. The second kappa shape index (κ2) is 12.3. The molecule has 0 aliphatic rings. The van der Waals surface area contributed by atoms with Crippen molar-refractivity contribution >= 4 is 35.8 Å². The SMILES string of the molecule is CN=C(NCCCNC(=O)c1ccccc1)NCc1ccc(C)cc1C.I. The van der Waals surface area contributed by atoms with Crippen LogP contribution in [0.5, 0.6) is 0 Å². The van der Waals surface area contributed by atoms with Gasteiger partial charge in [-0.1, -0.05) is 42.0 Å².